The molecule has 2 aliphatic rings. The highest BCUT2D eigenvalue weighted by Crippen LogP contribution is 2.48. The lowest BCUT2D eigenvalue weighted by Crippen LogP contribution is -2.49. The number of fused-ring (bicyclic) bond motifs is 2. The molecule has 4 unspecified atom stereocenters. The molecule has 2 bridgehead atoms. The van der Waals surface area contributed by atoms with E-state index < -0.39 is 23.2 Å². The monoisotopic (exact) mass is 351 g/mol. The summed E-state index contributed by atoms with van der Waals surface area (Å²) in [4.78, 5) is 26.4. The van der Waals surface area contributed by atoms with Crippen molar-refractivity contribution in [1.29, 1.82) is 0 Å². The molecule has 0 aromatic heterocycles. The molecule has 3 N–H and O–H groups in total. The third-order valence-corrected chi connectivity index (χ3v) is 5.52. The topological polar surface area (TPSA) is 75.4 Å². The molecule has 0 aliphatic heterocycles. The molecule has 3 rings (SSSR count). The Balaban J connectivity index is 1.66. The molecule has 0 radical (unpaired) electrons. The van der Waals surface area contributed by atoms with Crippen molar-refractivity contribution in [2.45, 2.75) is 32.2 Å². The first-order chi connectivity index (χ1) is 11.9. The van der Waals surface area contributed by atoms with E-state index >= 15 is 0 Å². The zero-order chi connectivity index (χ0) is 18.1. The van der Waals surface area contributed by atoms with Gasteiger partial charge in [-0.05, 0) is 50.2 Å². The van der Waals surface area contributed by atoms with Crippen molar-refractivity contribution in [2.24, 2.45) is 23.5 Å². The van der Waals surface area contributed by atoms with Crippen molar-refractivity contribution in [3.63, 3.8) is 0 Å². The van der Waals surface area contributed by atoms with E-state index in [4.69, 9.17) is 5.73 Å². The lowest BCUT2D eigenvalue weighted by Gasteiger charge is -2.32. The first-order valence-electron chi connectivity index (χ1n) is 8.70. The number of nitrogens with two attached hydrogens (primary N) is 1. The van der Waals surface area contributed by atoms with Crippen molar-refractivity contribution >= 4 is 17.5 Å². The Bertz CT molecular complexity index is 660. The number of likely N-dealkylation sites (N-methyl/N-ethyl adjacent to an activating group) is 1. The molecule has 136 valence electrons. The molecule has 2 aliphatic carbocycles. The van der Waals surface area contributed by atoms with Gasteiger partial charge < -0.3 is 16.0 Å². The van der Waals surface area contributed by atoms with Crippen LogP contribution < -0.4 is 11.1 Å². The van der Waals surface area contributed by atoms with Crippen LogP contribution in [0, 0.1) is 29.4 Å². The number of benzene rings is 1. The summed E-state index contributed by atoms with van der Waals surface area (Å²) in [5.74, 6) is -2.04. The van der Waals surface area contributed by atoms with Gasteiger partial charge in [0.25, 0.3) is 0 Å². The van der Waals surface area contributed by atoms with Crippen molar-refractivity contribution in [1.82, 2.24) is 4.90 Å². The van der Waals surface area contributed by atoms with Crippen LogP contribution in [0.2, 0.25) is 0 Å². The Hall–Kier alpha value is -2.02. The van der Waals surface area contributed by atoms with Crippen LogP contribution in [-0.4, -0.2) is 35.8 Å². The highest BCUT2D eigenvalue weighted by molar-refractivity contribution is 5.95. The van der Waals surface area contributed by atoms with Crippen LogP contribution in [-0.2, 0) is 9.59 Å². The van der Waals surface area contributed by atoms with Gasteiger partial charge in [-0.15, -0.1) is 0 Å². The Morgan fingerprint density at radius 3 is 2.44 bits per heavy atom. The molecule has 0 heterocycles. The molecular weight excluding hydrogens is 328 g/mol. The molecule has 4 atom stereocenters. The van der Waals surface area contributed by atoms with Crippen LogP contribution in [0.4, 0.5) is 14.5 Å². The summed E-state index contributed by atoms with van der Waals surface area (Å²) >= 11 is 0. The van der Waals surface area contributed by atoms with E-state index in [2.05, 4.69) is 5.32 Å². The number of nitrogens with zero attached hydrogens (tertiary/aromatic N) is 1. The largest absolute Gasteiger partial charge is 0.333 e. The highest BCUT2D eigenvalue weighted by Gasteiger charge is 2.50. The van der Waals surface area contributed by atoms with E-state index in [9.17, 15) is 18.4 Å². The predicted molar refractivity (Wildman–Crippen MR) is 89.5 cm³/mol. The number of carbonyl (C=O) groups excluding carboxylic acids is 2. The second kappa shape index (κ2) is 7.07. The Morgan fingerprint density at radius 2 is 1.88 bits per heavy atom. The average molecular weight is 351 g/mol. The van der Waals surface area contributed by atoms with E-state index in [0.29, 0.717) is 12.5 Å². The van der Waals surface area contributed by atoms with Gasteiger partial charge in [0, 0.05) is 12.6 Å². The van der Waals surface area contributed by atoms with Gasteiger partial charge in [0.15, 0.2) is 0 Å². The van der Waals surface area contributed by atoms with Crippen LogP contribution >= 0.6 is 0 Å². The van der Waals surface area contributed by atoms with Crippen LogP contribution in [0.5, 0.6) is 0 Å². The van der Waals surface area contributed by atoms with E-state index in [1.165, 1.54) is 11.0 Å². The van der Waals surface area contributed by atoms with Crippen molar-refractivity contribution in [2.75, 3.05) is 18.4 Å². The lowest BCUT2D eigenvalue weighted by molar-refractivity contribution is -0.140. The molecule has 7 heteroatoms. The van der Waals surface area contributed by atoms with Crippen LogP contribution in [0.3, 0.4) is 0 Å². The standard InChI is InChI=1S/C18H23F2N3O2/c1-2-23(18(25)15-10-6-7-11(8-10)16(15)21)9-14(24)22-17-12(19)4-3-5-13(17)20/h3-5,10-11,15-16H,2,6-9,21H2,1H3,(H,22,24). The number of nitrogens with one attached hydrogen (secondary N) is 1. The number of hydrogen-bond acceptors (Lipinski definition) is 3. The van der Waals surface area contributed by atoms with Gasteiger partial charge in [-0.25, -0.2) is 8.78 Å². The minimum atomic E-state index is -0.849. The molecule has 25 heavy (non-hydrogen) atoms. The average Bonchev–Trinajstić information content (AvgIpc) is 3.16. The third kappa shape index (κ3) is 3.38. The van der Waals surface area contributed by atoms with E-state index in [1.807, 2.05) is 0 Å². The normalized spacial score (nSPS) is 27.4. The number of anilines is 1. The molecule has 2 fully saturated rings. The van der Waals surface area contributed by atoms with E-state index in [1.54, 1.807) is 6.92 Å². The fourth-order valence-electron chi connectivity index (χ4n) is 4.23. The quantitative estimate of drug-likeness (QED) is 0.853. The Kier molecular flexibility index (Phi) is 5.03. The summed E-state index contributed by atoms with van der Waals surface area (Å²) in [7, 11) is 0. The van der Waals surface area contributed by atoms with E-state index in [-0.39, 0.29) is 30.3 Å². The van der Waals surface area contributed by atoms with Crippen LogP contribution in [0.1, 0.15) is 26.2 Å². The minimum absolute atomic E-state index is 0.133. The fourth-order valence-corrected chi connectivity index (χ4v) is 4.23. The van der Waals surface area contributed by atoms with Crippen LogP contribution in [0.25, 0.3) is 0 Å². The number of carbonyl (C=O) groups is 2. The first-order valence-corrected chi connectivity index (χ1v) is 8.70. The number of amides is 2. The number of para-hydroxylation sites is 1. The number of hydrogen-bond donors (Lipinski definition) is 2. The maximum absolute atomic E-state index is 13.6. The molecular formula is C18H23F2N3O2. The summed E-state index contributed by atoms with van der Waals surface area (Å²) in [6.07, 6.45) is 3.04. The molecule has 2 saturated carbocycles. The van der Waals surface area contributed by atoms with Gasteiger partial charge in [0.2, 0.25) is 11.8 Å². The summed E-state index contributed by atoms with van der Waals surface area (Å²) < 4.78 is 27.3. The van der Waals surface area contributed by atoms with Gasteiger partial charge in [-0.3, -0.25) is 9.59 Å². The summed E-state index contributed by atoms with van der Waals surface area (Å²) in [6.45, 7) is 1.87. The number of halogens is 2. The first kappa shape index (κ1) is 17.8. The second-order valence-corrected chi connectivity index (χ2v) is 6.93. The Morgan fingerprint density at radius 1 is 1.24 bits per heavy atom. The summed E-state index contributed by atoms with van der Waals surface area (Å²) in [5, 5.41) is 2.22. The molecule has 0 saturated heterocycles. The van der Waals surface area contributed by atoms with Crippen molar-refractivity contribution in [3.05, 3.63) is 29.8 Å². The SMILES string of the molecule is CCN(CC(=O)Nc1c(F)cccc1F)C(=O)C1C2CCC(C2)C1N. The maximum Gasteiger partial charge on any atom is 0.244 e. The fraction of sp³-hybridized carbons (Fsp3) is 0.556. The molecule has 5 nitrogen and oxygen atoms in total. The summed E-state index contributed by atoms with van der Waals surface area (Å²) in [6, 6.07) is 3.19. The Labute approximate surface area is 145 Å². The predicted octanol–water partition coefficient (Wildman–Crippen LogP) is 2.13. The van der Waals surface area contributed by atoms with Gasteiger partial charge in [0.05, 0.1) is 12.5 Å². The third-order valence-electron chi connectivity index (χ3n) is 5.52. The van der Waals surface area contributed by atoms with Gasteiger partial charge >= 0.3 is 0 Å². The maximum atomic E-state index is 13.6. The highest BCUT2D eigenvalue weighted by atomic mass is 19.1. The molecule has 0 spiro atoms. The zero-order valence-electron chi connectivity index (χ0n) is 14.2. The van der Waals surface area contributed by atoms with Crippen molar-refractivity contribution in [3.8, 4) is 0 Å². The summed E-state index contributed by atoms with van der Waals surface area (Å²) in [5.41, 5.74) is 5.71. The van der Waals surface area contributed by atoms with Crippen LogP contribution in [0.15, 0.2) is 18.2 Å². The zero-order valence-corrected chi connectivity index (χ0v) is 14.2. The van der Waals surface area contributed by atoms with Gasteiger partial charge in [-0.1, -0.05) is 6.07 Å². The van der Waals surface area contributed by atoms with E-state index in [0.717, 1.165) is 31.4 Å². The van der Waals surface area contributed by atoms with Gasteiger partial charge in [0.1, 0.15) is 17.3 Å². The second-order valence-electron chi connectivity index (χ2n) is 6.93. The smallest absolute Gasteiger partial charge is 0.244 e. The number of rotatable bonds is 5. The lowest BCUT2D eigenvalue weighted by atomic mass is 9.84. The van der Waals surface area contributed by atoms with Crippen molar-refractivity contribution < 1.29 is 18.4 Å². The molecule has 1 aromatic carbocycles. The molecule has 2 amide bonds. The minimum Gasteiger partial charge on any atom is -0.333 e. The molecule has 1 aromatic rings. The van der Waals surface area contributed by atoms with Gasteiger partial charge in [-0.2, -0.15) is 0 Å².